The van der Waals surface area contributed by atoms with Gasteiger partial charge in [0.1, 0.15) is 11.6 Å². The van der Waals surface area contributed by atoms with E-state index in [-0.39, 0.29) is 17.0 Å². The molecular weight excluding hydrogens is 315 g/mol. The molecule has 24 heavy (non-hydrogen) atoms. The quantitative estimate of drug-likeness (QED) is 0.360. The molecule has 0 saturated heterocycles. The third-order valence-electron chi connectivity index (χ3n) is 3.28. The maximum absolute atomic E-state index is 13.3. The second-order valence-electron chi connectivity index (χ2n) is 4.70. The Labute approximate surface area is 137 Å². The molecule has 0 aliphatic carbocycles. The summed E-state index contributed by atoms with van der Waals surface area (Å²) in [6, 6.07) is 10.1. The molecule has 0 bridgehead atoms. The first-order chi connectivity index (χ1) is 11.5. The number of benzene rings is 2. The minimum Gasteiger partial charge on any atom is -0.496 e. The van der Waals surface area contributed by atoms with E-state index in [1.54, 1.807) is 6.07 Å². The van der Waals surface area contributed by atoms with Gasteiger partial charge in [-0.3, -0.25) is 10.1 Å². The maximum atomic E-state index is 13.3. The van der Waals surface area contributed by atoms with Crippen molar-refractivity contribution in [2.24, 2.45) is 0 Å². The van der Waals surface area contributed by atoms with E-state index in [9.17, 15) is 19.8 Å². The number of hydrogen-bond donors (Lipinski definition) is 0. The Morgan fingerprint density at radius 1 is 1.25 bits per heavy atom. The van der Waals surface area contributed by atoms with Crippen LogP contribution < -0.4 is 9.47 Å². The summed E-state index contributed by atoms with van der Waals surface area (Å²) in [6.45, 7) is 0. The zero-order valence-electron chi connectivity index (χ0n) is 12.9. The van der Waals surface area contributed by atoms with Crippen LogP contribution in [0.3, 0.4) is 0 Å². The molecule has 0 aliphatic heterocycles. The summed E-state index contributed by atoms with van der Waals surface area (Å²) in [5.41, 5.74) is 0.553. The Hall–Kier alpha value is -3.40. The molecule has 0 aliphatic rings. The number of allylic oxidation sites excluding steroid dienone is 1. The highest BCUT2D eigenvalue weighted by atomic mass is 19.1. The highest BCUT2D eigenvalue weighted by Crippen LogP contribution is 2.36. The van der Waals surface area contributed by atoms with Crippen LogP contribution in [0.2, 0.25) is 0 Å². The van der Waals surface area contributed by atoms with Crippen LogP contribution in [-0.4, -0.2) is 19.1 Å². The lowest BCUT2D eigenvalue weighted by atomic mass is 10.0. The van der Waals surface area contributed by atoms with E-state index in [0.29, 0.717) is 16.9 Å². The van der Waals surface area contributed by atoms with Crippen molar-refractivity contribution >= 4 is 17.3 Å². The number of nitriles is 1. The lowest BCUT2D eigenvalue weighted by molar-refractivity contribution is -0.385. The second kappa shape index (κ2) is 7.24. The van der Waals surface area contributed by atoms with Gasteiger partial charge in [0.15, 0.2) is 0 Å². The van der Waals surface area contributed by atoms with Crippen LogP contribution in [0.15, 0.2) is 36.4 Å². The fourth-order valence-corrected chi connectivity index (χ4v) is 2.15. The maximum Gasteiger partial charge on any atom is 0.311 e. The molecule has 2 aromatic rings. The Morgan fingerprint density at radius 2 is 1.96 bits per heavy atom. The van der Waals surface area contributed by atoms with Gasteiger partial charge in [-0.2, -0.15) is 5.26 Å². The monoisotopic (exact) mass is 328 g/mol. The molecule has 0 N–H and O–H groups in total. The molecule has 0 unspecified atom stereocenters. The van der Waals surface area contributed by atoms with Gasteiger partial charge in [0.2, 0.25) is 5.75 Å². The van der Waals surface area contributed by atoms with E-state index < -0.39 is 10.7 Å². The second-order valence-corrected chi connectivity index (χ2v) is 4.70. The van der Waals surface area contributed by atoms with E-state index in [1.165, 1.54) is 50.6 Å². The Balaban J connectivity index is 2.63. The van der Waals surface area contributed by atoms with Crippen LogP contribution in [0.25, 0.3) is 11.6 Å². The Morgan fingerprint density at radius 3 is 2.50 bits per heavy atom. The van der Waals surface area contributed by atoms with Gasteiger partial charge in [0, 0.05) is 17.7 Å². The summed E-state index contributed by atoms with van der Waals surface area (Å²) in [5, 5.41) is 20.5. The number of halogens is 1. The van der Waals surface area contributed by atoms with Crippen molar-refractivity contribution < 1.29 is 18.8 Å². The number of nitro groups is 1. The third-order valence-corrected chi connectivity index (χ3v) is 3.28. The standard InChI is InChI=1S/C17H13FN2O4/c1-23-16-9-17(24-2)15(20(21)22)8-12(16)6-13(10-19)11-4-3-5-14(18)7-11/h3-9H,1-2H3/b13-6+. The van der Waals surface area contributed by atoms with Crippen molar-refractivity contribution in [3.63, 3.8) is 0 Å². The molecule has 6 nitrogen and oxygen atoms in total. The lowest BCUT2D eigenvalue weighted by Crippen LogP contribution is -1.97. The molecule has 2 aromatic carbocycles. The zero-order valence-corrected chi connectivity index (χ0v) is 12.9. The van der Waals surface area contributed by atoms with Crippen LogP contribution in [0, 0.1) is 27.3 Å². The van der Waals surface area contributed by atoms with Gasteiger partial charge in [-0.1, -0.05) is 12.1 Å². The van der Waals surface area contributed by atoms with E-state index in [2.05, 4.69) is 0 Å². The first-order valence-electron chi connectivity index (χ1n) is 6.78. The molecule has 0 aromatic heterocycles. The summed E-state index contributed by atoms with van der Waals surface area (Å²) in [6.07, 6.45) is 1.40. The molecule has 0 radical (unpaired) electrons. The highest BCUT2D eigenvalue weighted by Gasteiger charge is 2.19. The lowest BCUT2D eigenvalue weighted by Gasteiger charge is -2.09. The smallest absolute Gasteiger partial charge is 0.311 e. The van der Waals surface area contributed by atoms with Crippen LogP contribution in [0.1, 0.15) is 11.1 Å². The summed E-state index contributed by atoms with van der Waals surface area (Å²) in [5.74, 6) is -0.152. The van der Waals surface area contributed by atoms with Crippen molar-refractivity contribution in [3.05, 3.63) is 63.5 Å². The molecular formula is C17H13FN2O4. The number of nitro benzene ring substituents is 1. The van der Waals surface area contributed by atoms with Crippen LogP contribution >= 0.6 is 0 Å². The van der Waals surface area contributed by atoms with E-state index in [1.807, 2.05) is 6.07 Å². The van der Waals surface area contributed by atoms with Gasteiger partial charge in [0.25, 0.3) is 0 Å². The average Bonchev–Trinajstić information content (AvgIpc) is 2.58. The summed E-state index contributed by atoms with van der Waals surface area (Å²) in [7, 11) is 2.71. The number of hydrogen-bond acceptors (Lipinski definition) is 5. The van der Waals surface area contributed by atoms with Gasteiger partial charge in [-0.05, 0) is 23.8 Å². The van der Waals surface area contributed by atoms with Gasteiger partial charge < -0.3 is 9.47 Å². The zero-order chi connectivity index (χ0) is 17.7. The minimum atomic E-state index is -0.593. The van der Waals surface area contributed by atoms with E-state index >= 15 is 0 Å². The van der Waals surface area contributed by atoms with E-state index in [4.69, 9.17) is 9.47 Å². The summed E-state index contributed by atoms with van der Waals surface area (Å²) < 4.78 is 23.5. The number of nitrogens with zero attached hydrogens (tertiary/aromatic N) is 2. The fourth-order valence-electron chi connectivity index (χ4n) is 2.15. The molecule has 2 rings (SSSR count). The first kappa shape index (κ1) is 17.0. The molecule has 0 saturated carbocycles. The van der Waals surface area contributed by atoms with Gasteiger partial charge in [-0.25, -0.2) is 4.39 Å². The first-order valence-corrected chi connectivity index (χ1v) is 6.78. The van der Waals surface area contributed by atoms with Crippen LogP contribution in [0.4, 0.5) is 10.1 Å². The number of rotatable bonds is 5. The van der Waals surface area contributed by atoms with Gasteiger partial charge in [0.05, 0.1) is 30.8 Å². The largest absolute Gasteiger partial charge is 0.496 e. The topological polar surface area (TPSA) is 85.4 Å². The molecule has 0 heterocycles. The molecule has 0 spiro atoms. The number of methoxy groups -OCH3 is 2. The predicted octanol–water partition coefficient (Wildman–Crippen LogP) is 3.82. The third kappa shape index (κ3) is 3.50. The SMILES string of the molecule is COc1cc(OC)c([N+](=O)[O-])cc1/C=C(\C#N)c1cccc(F)c1. The molecule has 7 heteroatoms. The summed E-state index contributed by atoms with van der Waals surface area (Å²) in [4.78, 5) is 10.6. The predicted molar refractivity (Wildman–Crippen MR) is 86.1 cm³/mol. The van der Waals surface area contributed by atoms with Gasteiger partial charge >= 0.3 is 5.69 Å². The molecule has 0 fully saturated rings. The van der Waals surface area contributed by atoms with Crippen molar-refractivity contribution in [3.8, 4) is 17.6 Å². The van der Waals surface area contributed by atoms with Crippen molar-refractivity contribution in [2.75, 3.05) is 14.2 Å². The minimum absolute atomic E-state index is 0.0401. The van der Waals surface area contributed by atoms with Crippen molar-refractivity contribution in [1.82, 2.24) is 0 Å². The van der Waals surface area contributed by atoms with Crippen molar-refractivity contribution in [2.45, 2.75) is 0 Å². The summed E-state index contributed by atoms with van der Waals surface area (Å²) >= 11 is 0. The fraction of sp³-hybridized carbons (Fsp3) is 0.118. The molecule has 0 amide bonds. The molecule has 122 valence electrons. The van der Waals surface area contributed by atoms with E-state index in [0.717, 1.165) is 0 Å². The van der Waals surface area contributed by atoms with Crippen molar-refractivity contribution in [1.29, 1.82) is 5.26 Å². The number of ether oxygens (including phenoxy) is 2. The Bertz CT molecular complexity index is 856. The average molecular weight is 328 g/mol. The van der Waals surface area contributed by atoms with Crippen LogP contribution in [-0.2, 0) is 0 Å². The molecule has 0 atom stereocenters. The Kier molecular flexibility index (Phi) is 5.12. The van der Waals surface area contributed by atoms with Crippen LogP contribution in [0.5, 0.6) is 11.5 Å². The highest BCUT2D eigenvalue weighted by molar-refractivity contribution is 5.91. The normalized spacial score (nSPS) is 10.8. The van der Waals surface area contributed by atoms with Gasteiger partial charge in [-0.15, -0.1) is 0 Å².